The number of carbonyl (C=O) groups is 3. The Kier molecular flexibility index (Phi) is 20.2. The molecule has 1 amide bonds. The van der Waals surface area contributed by atoms with Crippen LogP contribution >= 0.6 is 0 Å². The molecule has 2 N–H and O–H groups in total. The highest BCUT2D eigenvalue weighted by Gasteiger charge is 2.60. The van der Waals surface area contributed by atoms with Gasteiger partial charge in [-0.25, -0.2) is 22.3 Å². The van der Waals surface area contributed by atoms with Crippen molar-refractivity contribution in [2.24, 2.45) is 23.7 Å². The summed E-state index contributed by atoms with van der Waals surface area (Å²) in [6.07, 6.45) is -6.39. The van der Waals surface area contributed by atoms with Crippen molar-refractivity contribution in [3.05, 3.63) is 41.7 Å². The molecule has 6 rings (SSSR count). The lowest BCUT2D eigenvalue weighted by Gasteiger charge is -2.50. The van der Waals surface area contributed by atoms with Gasteiger partial charge >= 0.3 is 12.1 Å². The van der Waals surface area contributed by atoms with Crippen LogP contribution in [0.15, 0.2) is 35.4 Å². The van der Waals surface area contributed by atoms with Crippen molar-refractivity contribution >= 4 is 27.7 Å². The van der Waals surface area contributed by atoms with E-state index in [1.807, 2.05) is 39.6 Å². The number of rotatable bonds is 17. The zero-order chi connectivity index (χ0) is 57.3. The predicted octanol–water partition coefficient (Wildman–Crippen LogP) is 5.04. The van der Waals surface area contributed by atoms with Gasteiger partial charge in [-0.2, -0.15) is 0 Å². The van der Waals surface area contributed by atoms with Gasteiger partial charge < -0.3 is 62.6 Å². The fourth-order valence-electron chi connectivity index (χ4n) is 12.5. The summed E-state index contributed by atoms with van der Waals surface area (Å²) in [5.74, 6) is -4.21. The number of aliphatic hydroxyl groups excluding tert-OH is 2. The molecule has 20 atom stereocenters. The van der Waals surface area contributed by atoms with Crippen molar-refractivity contribution < 1.29 is 80.0 Å². The number of amides is 1. The molecule has 21 nitrogen and oxygen atoms in total. The van der Waals surface area contributed by atoms with E-state index in [2.05, 4.69) is 10.3 Å². The summed E-state index contributed by atoms with van der Waals surface area (Å²) < 4.78 is 97.5. The molecule has 1 aromatic heterocycles. The highest BCUT2D eigenvalue weighted by molar-refractivity contribution is 7.90. The van der Waals surface area contributed by atoms with E-state index in [1.54, 1.807) is 66.9 Å². The van der Waals surface area contributed by atoms with Crippen LogP contribution in [0.2, 0.25) is 0 Å². The monoisotopic (exact) mass is 1110 g/mol. The molecule has 4 aliphatic heterocycles. The molecule has 0 unspecified atom stereocenters. The van der Waals surface area contributed by atoms with Crippen LogP contribution in [0.4, 0.5) is 9.18 Å². The summed E-state index contributed by atoms with van der Waals surface area (Å²) >= 11 is 0. The number of fused-ring (bicyclic) bond motifs is 1. The first-order valence-electron chi connectivity index (χ1n) is 26.8. The number of alkyl halides is 1. The maximum atomic E-state index is 14.8. The number of halogens is 1. The molecule has 4 aliphatic rings. The maximum absolute atomic E-state index is 14.8. The summed E-state index contributed by atoms with van der Waals surface area (Å²) in [5, 5.41) is 32.2. The molecule has 0 bridgehead atoms. The van der Waals surface area contributed by atoms with Gasteiger partial charge in [-0.15, -0.1) is 5.10 Å². The van der Waals surface area contributed by atoms with Crippen molar-refractivity contribution in [2.45, 2.75) is 203 Å². The Hall–Kier alpha value is -3.75. The van der Waals surface area contributed by atoms with Crippen LogP contribution in [0.25, 0.3) is 0 Å². The van der Waals surface area contributed by atoms with E-state index in [9.17, 15) is 37.4 Å². The number of carbonyl (C=O) groups excluding carboxylic acids is 3. The number of Topliss-reactive ketones (excluding diaryl/α,β-unsaturated/α-hetero) is 1. The van der Waals surface area contributed by atoms with E-state index in [-0.39, 0.29) is 29.9 Å². The molecule has 0 saturated carbocycles. The van der Waals surface area contributed by atoms with E-state index < -0.39 is 149 Å². The van der Waals surface area contributed by atoms with Crippen LogP contribution in [0.1, 0.15) is 118 Å². The highest BCUT2D eigenvalue weighted by Crippen LogP contribution is 2.45. The van der Waals surface area contributed by atoms with Gasteiger partial charge in [0.1, 0.15) is 42.9 Å². The normalized spacial score (nSPS) is 38.7. The topological polar surface area (TPSA) is 246 Å². The van der Waals surface area contributed by atoms with Crippen LogP contribution in [0.5, 0.6) is 0 Å². The summed E-state index contributed by atoms with van der Waals surface area (Å²) in [6, 6.07) is 3.83. The van der Waals surface area contributed by atoms with Crippen LogP contribution in [-0.2, 0) is 68.5 Å². The molecule has 23 heteroatoms. The molecule has 77 heavy (non-hydrogen) atoms. The first-order chi connectivity index (χ1) is 36.0. The molecule has 0 radical (unpaired) electrons. The number of hydrogen-bond donors (Lipinski definition) is 2. The first kappa shape index (κ1) is 62.4. The lowest BCUT2D eigenvalue weighted by molar-refractivity contribution is -0.319. The molecule has 5 heterocycles. The summed E-state index contributed by atoms with van der Waals surface area (Å²) in [7, 11) is 4.43. The Morgan fingerprint density at radius 2 is 1.58 bits per heavy atom. The van der Waals surface area contributed by atoms with Gasteiger partial charge in [0, 0.05) is 84.0 Å². The van der Waals surface area contributed by atoms with E-state index in [0.717, 1.165) is 6.26 Å². The van der Waals surface area contributed by atoms with Gasteiger partial charge in [0.15, 0.2) is 28.0 Å². The van der Waals surface area contributed by atoms with Crippen molar-refractivity contribution in [2.75, 3.05) is 54.9 Å². The Bertz CT molecular complexity index is 2440. The molecule has 2 aromatic rings. The third-order valence-electron chi connectivity index (χ3n) is 17.2. The molecular formula is C54H86FN5O16S. The number of benzene rings is 1. The Morgan fingerprint density at radius 1 is 0.935 bits per heavy atom. The number of methoxy groups -OCH3 is 3. The van der Waals surface area contributed by atoms with Crippen LogP contribution in [0, 0.1) is 23.7 Å². The quantitative estimate of drug-likeness (QED) is 0.197. The molecule has 4 saturated heterocycles. The average Bonchev–Trinajstić information content (AvgIpc) is 3.96. The van der Waals surface area contributed by atoms with Crippen molar-refractivity contribution in [3.8, 4) is 0 Å². The molecule has 0 spiro atoms. The van der Waals surface area contributed by atoms with Crippen molar-refractivity contribution in [1.29, 1.82) is 0 Å². The smallest absolute Gasteiger partial charge is 0.410 e. The Morgan fingerprint density at radius 3 is 2.17 bits per heavy atom. The summed E-state index contributed by atoms with van der Waals surface area (Å²) in [4.78, 5) is 46.5. The van der Waals surface area contributed by atoms with Gasteiger partial charge in [-0.3, -0.25) is 9.59 Å². The number of ketones is 1. The fourth-order valence-corrected chi connectivity index (χ4v) is 13.1. The number of esters is 1. The van der Waals surface area contributed by atoms with Crippen LogP contribution in [0.3, 0.4) is 0 Å². The largest absolute Gasteiger partial charge is 0.458 e. The lowest BCUT2D eigenvalue weighted by Crippen LogP contribution is -2.62. The van der Waals surface area contributed by atoms with Gasteiger partial charge in [-0.05, 0) is 85.5 Å². The van der Waals surface area contributed by atoms with E-state index in [1.165, 1.54) is 43.0 Å². The molecule has 0 aliphatic carbocycles. The van der Waals surface area contributed by atoms with Crippen molar-refractivity contribution in [1.82, 2.24) is 24.8 Å². The minimum atomic E-state index is -3.45. The third-order valence-corrected chi connectivity index (χ3v) is 18.3. The van der Waals surface area contributed by atoms with E-state index >= 15 is 0 Å². The average molecular weight is 1110 g/mol. The van der Waals surface area contributed by atoms with Gasteiger partial charge in [0.25, 0.3) is 0 Å². The number of aromatic nitrogens is 3. The summed E-state index contributed by atoms with van der Waals surface area (Å²) in [5.41, 5.74) is -2.74. The van der Waals surface area contributed by atoms with Crippen LogP contribution < -0.4 is 0 Å². The Labute approximate surface area is 453 Å². The Balaban J connectivity index is 1.31. The maximum Gasteiger partial charge on any atom is 0.410 e. The van der Waals surface area contributed by atoms with Gasteiger partial charge in [0.2, 0.25) is 0 Å². The van der Waals surface area contributed by atoms with Crippen LogP contribution in [-0.4, -0.2) is 200 Å². The van der Waals surface area contributed by atoms with Gasteiger partial charge in [-0.1, -0.05) is 45.0 Å². The molecule has 436 valence electrons. The number of ether oxygens (including phenoxy) is 9. The fraction of sp³-hybridized carbons (Fsp3) is 0.796. The van der Waals surface area contributed by atoms with Crippen molar-refractivity contribution in [3.63, 3.8) is 0 Å². The SMILES string of the molecule is CC[C@H]1OC(=O)[C@H](C)[C@@H](O[C@H]2C[C@@](C)(OC)[C@@H](O)[C@H](C)O2)[C@H](C)[C@@H](O[C@@H]2O[C@H](C)C[C@H](N(C)CCc3cn([C@H](CF)[C@H](OC)c4ccc(S(C)(=O)=O)cc4)nn3)[C@H]2O)[C@](C)(OC)C[C@@H](C)C(=O)[C@H](C)[C@H]2N(C)C(=O)O[C@]12C. The second-order valence-corrected chi connectivity index (χ2v) is 24.8. The number of hydrogen-bond acceptors (Lipinski definition) is 19. The van der Waals surface area contributed by atoms with E-state index in [0.29, 0.717) is 30.6 Å². The number of likely N-dealkylation sites (N-methyl/N-ethyl adjacent to an activating group) is 2. The standard InChI is InChI=1S/C54H86FN5O16S/c1-17-40-54(10)46(59(12)51(65)76-54)31(4)42(61)29(2)25-53(9,70-15)48(32(5)44(33(6)49(64)73-40)74-41-26-52(8,69-14)47(63)34(7)72-41)75-50-43(62)38(24-30(3)71-50)58(11)23-22-36-28-60(57-56-36)39(27-55)45(68-13)35-18-20-37(21-19-35)77(16,66)67/h18-21,28-34,38-41,43-48,50,62-63H,17,22-27H2,1-16H3/t29-,30-,31+,32+,33-,34+,38+,39-,40-,41+,43-,44+,45-,46-,47+,48-,50+,52-,53-,54-/m1/s1. The zero-order valence-electron chi connectivity index (χ0n) is 47.8. The number of aliphatic hydroxyl groups is 2. The number of nitrogens with zero attached hydrogens (tertiary/aromatic N) is 5. The minimum Gasteiger partial charge on any atom is -0.458 e. The lowest BCUT2D eigenvalue weighted by atomic mass is 9.73. The minimum absolute atomic E-state index is 0.0792. The third kappa shape index (κ3) is 13.1. The summed E-state index contributed by atoms with van der Waals surface area (Å²) in [6.45, 7) is 17.2. The molecular weight excluding hydrogens is 1030 g/mol. The predicted molar refractivity (Wildman–Crippen MR) is 278 cm³/mol. The number of sulfone groups is 1. The second-order valence-electron chi connectivity index (χ2n) is 22.7. The highest BCUT2D eigenvalue weighted by atomic mass is 32.2. The second kappa shape index (κ2) is 24.9. The van der Waals surface area contributed by atoms with E-state index in [4.69, 9.17) is 42.6 Å². The molecule has 4 fully saturated rings. The first-order valence-corrected chi connectivity index (χ1v) is 28.7. The zero-order valence-corrected chi connectivity index (χ0v) is 48.6. The number of cyclic esters (lactones) is 1. The van der Waals surface area contributed by atoms with Gasteiger partial charge in [0.05, 0.1) is 58.2 Å². The molecule has 1 aromatic carbocycles.